The Labute approximate surface area is 123 Å². The lowest BCUT2D eigenvalue weighted by Crippen LogP contribution is -2.32. The van der Waals surface area contributed by atoms with Gasteiger partial charge >= 0.3 is 6.36 Å². The Kier molecular flexibility index (Phi) is 5.28. The van der Waals surface area contributed by atoms with E-state index in [9.17, 15) is 13.2 Å². The molecule has 0 atom stereocenters. The fourth-order valence-electron chi connectivity index (χ4n) is 2.36. The smallest absolute Gasteiger partial charge is 0.406 e. The highest BCUT2D eigenvalue weighted by Crippen LogP contribution is 2.23. The van der Waals surface area contributed by atoms with E-state index < -0.39 is 6.36 Å². The monoisotopic (exact) mass is 299 g/mol. The molecule has 5 heteroatoms. The zero-order valence-corrected chi connectivity index (χ0v) is 12.1. The number of piperidine rings is 1. The zero-order valence-electron chi connectivity index (χ0n) is 12.1. The van der Waals surface area contributed by atoms with Gasteiger partial charge in [-0.2, -0.15) is 0 Å². The molecule has 1 heterocycles. The van der Waals surface area contributed by atoms with Crippen LogP contribution >= 0.6 is 0 Å². The van der Waals surface area contributed by atoms with Crippen molar-refractivity contribution in [3.8, 4) is 5.75 Å². The molecule has 0 N–H and O–H groups in total. The van der Waals surface area contributed by atoms with Crippen LogP contribution in [0, 0.1) is 5.92 Å². The molecule has 0 spiro atoms. The molecule has 2 rings (SSSR count). The molecule has 1 aromatic carbocycles. The first-order valence-electron chi connectivity index (χ1n) is 7.17. The van der Waals surface area contributed by atoms with Gasteiger partial charge < -0.3 is 4.74 Å². The topological polar surface area (TPSA) is 12.5 Å². The molecule has 0 aliphatic carbocycles. The first-order valence-corrected chi connectivity index (χ1v) is 7.17. The number of likely N-dealkylation sites (tertiary alicyclic amines) is 1. The highest BCUT2D eigenvalue weighted by molar-refractivity contribution is 5.50. The average molecular weight is 299 g/mol. The van der Waals surface area contributed by atoms with Crippen molar-refractivity contribution >= 4 is 6.08 Å². The third-order valence-corrected chi connectivity index (χ3v) is 3.66. The third-order valence-electron chi connectivity index (χ3n) is 3.66. The number of benzene rings is 1. The van der Waals surface area contributed by atoms with Crippen LogP contribution in [0.4, 0.5) is 13.2 Å². The van der Waals surface area contributed by atoms with Crippen LogP contribution in [-0.4, -0.2) is 30.9 Å². The molecule has 116 valence electrons. The first kappa shape index (κ1) is 15.9. The van der Waals surface area contributed by atoms with E-state index >= 15 is 0 Å². The number of hydrogen-bond acceptors (Lipinski definition) is 2. The van der Waals surface area contributed by atoms with Gasteiger partial charge in [0, 0.05) is 6.54 Å². The van der Waals surface area contributed by atoms with Gasteiger partial charge in [-0.25, -0.2) is 0 Å². The predicted molar refractivity (Wildman–Crippen MR) is 77.0 cm³/mol. The number of nitrogens with zero attached hydrogens (tertiary/aromatic N) is 1. The second kappa shape index (κ2) is 6.98. The van der Waals surface area contributed by atoms with Crippen LogP contribution in [0.5, 0.6) is 5.75 Å². The van der Waals surface area contributed by atoms with Crippen molar-refractivity contribution in [3.05, 3.63) is 35.9 Å². The number of rotatable bonds is 4. The third kappa shape index (κ3) is 5.79. The summed E-state index contributed by atoms with van der Waals surface area (Å²) in [6.45, 7) is 5.39. The van der Waals surface area contributed by atoms with Crippen LogP contribution < -0.4 is 4.74 Å². The maximum Gasteiger partial charge on any atom is 0.573 e. The van der Waals surface area contributed by atoms with Gasteiger partial charge in [0.2, 0.25) is 0 Å². The minimum atomic E-state index is -4.64. The molecule has 1 fully saturated rings. The van der Waals surface area contributed by atoms with Crippen LogP contribution in [0.2, 0.25) is 0 Å². The van der Waals surface area contributed by atoms with Gasteiger partial charge in [0.15, 0.2) is 0 Å². The average Bonchev–Trinajstić information content (AvgIpc) is 2.41. The summed E-state index contributed by atoms with van der Waals surface area (Å²) < 4.78 is 39.9. The van der Waals surface area contributed by atoms with E-state index in [1.165, 1.54) is 25.0 Å². The van der Waals surface area contributed by atoms with E-state index in [1.807, 2.05) is 6.08 Å². The standard InChI is InChI=1S/C16H20F3NO/c1-13-8-11-20(12-9-13)10-2-3-14-4-6-15(7-5-14)21-16(17,18)19/h2-7,13H,8-12H2,1H3/b3-2+. The minimum absolute atomic E-state index is 0.190. The van der Waals surface area contributed by atoms with Crippen LogP contribution in [0.25, 0.3) is 6.08 Å². The van der Waals surface area contributed by atoms with Crippen molar-refractivity contribution < 1.29 is 17.9 Å². The highest BCUT2D eigenvalue weighted by Gasteiger charge is 2.30. The second-order valence-electron chi connectivity index (χ2n) is 5.50. The summed E-state index contributed by atoms with van der Waals surface area (Å²) in [5.74, 6) is 0.621. The van der Waals surface area contributed by atoms with Crippen molar-refractivity contribution in [2.24, 2.45) is 5.92 Å². The molecule has 1 saturated heterocycles. The Balaban J connectivity index is 1.81. The lowest BCUT2D eigenvalue weighted by molar-refractivity contribution is -0.274. The Morgan fingerprint density at radius 1 is 1.19 bits per heavy atom. The first-order chi connectivity index (χ1) is 9.92. The molecule has 0 radical (unpaired) electrons. The normalized spacial score (nSPS) is 18.3. The zero-order chi connectivity index (χ0) is 15.3. The summed E-state index contributed by atoms with van der Waals surface area (Å²) in [4.78, 5) is 2.39. The highest BCUT2D eigenvalue weighted by atomic mass is 19.4. The van der Waals surface area contributed by atoms with E-state index in [4.69, 9.17) is 0 Å². The lowest BCUT2D eigenvalue weighted by Gasteiger charge is -2.29. The van der Waals surface area contributed by atoms with Gasteiger partial charge in [0.05, 0.1) is 0 Å². The SMILES string of the molecule is CC1CCN(C/C=C/c2ccc(OC(F)(F)F)cc2)CC1. The van der Waals surface area contributed by atoms with Gasteiger partial charge in [0.25, 0.3) is 0 Å². The molecule has 0 saturated carbocycles. The molecule has 1 aromatic rings. The maximum atomic E-state index is 12.0. The fraction of sp³-hybridized carbons (Fsp3) is 0.500. The summed E-state index contributed by atoms with van der Waals surface area (Å²) in [6.07, 6.45) is 1.81. The molecule has 1 aliphatic rings. The Morgan fingerprint density at radius 2 is 1.81 bits per heavy atom. The molecule has 0 unspecified atom stereocenters. The minimum Gasteiger partial charge on any atom is -0.406 e. The summed E-state index contributed by atoms with van der Waals surface area (Å²) in [5.41, 5.74) is 0.870. The van der Waals surface area contributed by atoms with E-state index in [-0.39, 0.29) is 5.75 Å². The fourth-order valence-corrected chi connectivity index (χ4v) is 2.36. The molecule has 2 nitrogen and oxygen atoms in total. The Morgan fingerprint density at radius 3 is 2.38 bits per heavy atom. The summed E-state index contributed by atoms with van der Waals surface area (Å²) in [7, 11) is 0. The molecule has 21 heavy (non-hydrogen) atoms. The number of halogens is 3. The summed E-state index contributed by atoms with van der Waals surface area (Å²) in [5, 5.41) is 0. The Bertz CT molecular complexity index is 459. The number of alkyl halides is 3. The molecule has 0 amide bonds. The van der Waals surface area contributed by atoms with Crippen molar-refractivity contribution in [1.82, 2.24) is 4.90 Å². The quantitative estimate of drug-likeness (QED) is 0.820. The largest absolute Gasteiger partial charge is 0.573 e. The molecule has 0 aromatic heterocycles. The van der Waals surface area contributed by atoms with E-state index in [0.717, 1.165) is 31.1 Å². The Hall–Kier alpha value is -1.49. The molecular formula is C16H20F3NO. The van der Waals surface area contributed by atoms with E-state index in [1.54, 1.807) is 12.1 Å². The predicted octanol–water partition coefficient (Wildman–Crippen LogP) is 4.33. The van der Waals surface area contributed by atoms with E-state index in [2.05, 4.69) is 22.6 Å². The van der Waals surface area contributed by atoms with Crippen LogP contribution in [0.3, 0.4) is 0 Å². The van der Waals surface area contributed by atoms with Gasteiger partial charge in [0.1, 0.15) is 5.75 Å². The van der Waals surface area contributed by atoms with Crippen LogP contribution in [0.15, 0.2) is 30.3 Å². The van der Waals surface area contributed by atoms with Gasteiger partial charge in [-0.15, -0.1) is 13.2 Å². The molecular weight excluding hydrogens is 279 g/mol. The number of ether oxygens (including phenoxy) is 1. The van der Waals surface area contributed by atoms with Gasteiger partial charge in [-0.3, -0.25) is 4.90 Å². The van der Waals surface area contributed by atoms with Crippen molar-refractivity contribution in [1.29, 1.82) is 0 Å². The second-order valence-corrected chi connectivity index (χ2v) is 5.50. The number of hydrogen-bond donors (Lipinski definition) is 0. The van der Waals surface area contributed by atoms with Crippen LogP contribution in [0.1, 0.15) is 25.3 Å². The van der Waals surface area contributed by atoms with Gasteiger partial charge in [-0.05, 0) is 49.5 Å². The summed E-state index contributed by atoms with van der Waals surface area (Å²) in [6, 6.07) is 5.90. The van der Waals surface area contributed by atoms with Crippen LogP contribution in [-0.2, 0) is 0 Å². The van der Waals surface area contributed by atoms with E-state index in [0.29, 0.717) is 0 Å². The summed E-state index contributed by atoms with van der Waals surface area (Å²) >= 11 is 0. The molecule has 1 aliphatic heterocycles. The van der Waals surface area contributed by atoms with Crippen molar-refractivity contribution in [2.75, 3.05) is 19.6 Å². The van der Waals surface area contributed by atoms with Gasteiger partial charge in [-0.1, -0.05) is 31.2 Å². The van der Waals surface area contributed by atoms with Crippen molar-refractivity contribution in [2.45, 2.75) is 26.1 Å². The van der Waals surface area contributed by atoms with Crippen molar-refractivity contribution in [3.63, 3.8) is 0 Å². The lowest BCUT2D eigenvalue weighted by atomic mass is 9.99. The molecule has 0 bridgehead atoms. The maximum absolute atomic E-state index is 12.0.